The molecule has 1 N–H and O–H groups in total. The molecule has 1 fully saturated rings. The van der Waals surface area contributed by atoms with Gasteiger partial charge in [0.1, 0.15) is 0 Å². The minimum atomic E-state index is -4.51. The number of fused-ring (bicyclic) bond motifs is 1. The topological polar surface area (TPSA) is 53.4 Å². The van der Waals surface area contributed by atoms with Crippen LogP contribution in [0.25, 0.3) is 10.2 Å². The summed E-state index contributed by atoms with van der Waals surface area (Å²) >= 11 is 0.547. The van der Waals surface area contributed by atoms with Crippen molar-refractivity contribution >= 4 is 27.5 Å². The second-order valence-corrected chi connectivity index (χ2v) is 6.62. The molecule has 2 aromatic rings. The molecule has 0 aliphatic carbocycles. The van der Waals surface area contributed by atoms with Crippen LogP contribution < -0.4 is 0 Å². The molecule has 0 radical (unpaired) electrons. The molecule has 0 saturated carbocycles. The fraction of sp³-hybridized carbons (Fsp3) is 0.467. The minimum absolute atomic E-state index is 0.0727. The summed E-state index contributed by atoms with van der Waals surface area (Å²) < 4.78 is 38.8. The Balaban J connectivity index is 1.91. The van der Waals surface area contributed by atoms with E-state index in [2.05, 4.69) is 4.98 Å². The normalized spacial score (nSPS) is 18.8. The van der Waals surface area contributed by atoms with E-state index in [1.807, 2.05) is 0 Å². The van der Waals surface area contributed by atoms with Crippen LogP contribution in [0.5, 0.6) is 0 Å². The first kappa shape index (κ1) is 16.2. The highest BCUT2D eigenvalue weighted by Crippen LogP contribution is 2.36. The number of aliphatic hydroxyl groups is 1. The lowest BCUT2D eigenvalue weighted by Gasteiger charge is -2.16. The fourth-order valence-corrected chi connectivity index (χ4v) is 3.71. The Labute approximate surface area is 134 Å². The highest BCUT2D eigenvalue weighted by Gasteiger charge is 2.36. The largest absolute Gasteiger partial charge is 0.443 e. The summed E-state index contributed by atoms with van der Waals surface area (Å²) in [5.41, 5.74) is 0.319. The Hall–Kier alpha value is -1.67. The molecule has 2 heterocycles. The van der Waals surface area contributed by atoms with Crippen LogP contribution in [-0.4, -0.2) is 40.6 Å². The lowest BCUT2D eigenvalue weighted by Crippen LogP contribution is -2.29. The number of hydrogen-bond donors (Lipinski definition) is 1. The zero-order valence-electron chi connectivity index (χ0n) is 12.1. The van der Waals surface area contributed by atoms with Gasteiger partial charge in [-0.2, -0.15) is 13.2 Å². The number of thiazole rings is 1. The average molecular weight is 344 g/mol. The first-order valence-electron chi connectivity index (χ1n) is 7.27. The molecular weight excluding hydrogens is 329 g/mol. The van der Waals surface area contributed by atoms with Crippen molar-refractivity contribution in [1.82, 2.24) is 9.88 Å². The van der Waals surface area contributed by atoms with E-state index in [4.69, 9.17) is 5.11 Å². The van der Waals surface area contributed by atoms with E-state index < -0.39 is 11.2 Å². The van der Waals surface area contributed by atoms with Gasteiger partial charge < -0.3 is 10.0 Å². The highest BCUT2D eigenvalue weighted by molar-refractivity contribution is 7.18. The summed E-state index contributed by atoms with van der Waals surface area (Å²) in [5, 5.41) is 8.03. The molecule has 1 amide bonds. The molecular formula is C15H15F3N2O2S. The van der Waals surface area contributed by atoms with Crippen molar-refractivity contribution < 1.29 is 23.1 Å². The number of hydrogen-bond acceptors (Lipinski definition) is 4. The summed E-state index contributed by atoms with van der Waals surface area (Å²) in [7, 11) is 0. The first-order chi connectivity index (χ1) is 10.9. The maximum absolute atomic E-state index is 12.8. The molecule has 124 valence electrons. The molecule has 1 aromatic heterocycles. The van der Waals surface area contributed by atoms with Crippen LogP contribution in [0.1, 0.15) is 28.2 Å². The number of para-hydroxylation sites is 1. The minimum Gasteiger partial charge on any atom is -0.396 e. The van der Waals surface area contributed by atoms with Gasteiger partial charge in [-0.3, -0.25) is 4.79 Å². The lowest BCUT2D eigenvalue weighted by molar-refractivity contribution is -0.137. The van der Waals surface area contributed by atoms with Gasteiger partial charge in [-0.25, -0.2) is 4.98 Å². The molecule has 1 aromatic carbocycles. The van der Waals surface area contributed by atoms with Gasteiger partial charge in [0.05, 0.1) is 15.8 Å². The number of aliphatic hydroxyl groups excluding tert-OH is 1. The van der Waals surface area contributed by atoms with Crippen LogP contribution in [0.3, 0.4) is 0 Å². The van der Waals surface area contributed by atoms with Crippen molar-refractivity contribution in [2.45, 2.75) is 19.0 Å². The maximum atomic E-state index is 12.8. The van der Waals surface area contributed by atoms with Crippen molar-refractivity contribution in [3.8, 4) is 0 Å². The van der Waals surface area contributed by atoms with Crippen LogP contribution in [0.2, 0.25) is 0 Å². The number of benzene rings is 1. The summed E-state index contributed by atoms with van der Waals surface area (Å²) in [6, 6.07) is 4.64. The number of carbonyl (C=O) groups excluding carboxylic acids is 1. The quantitative estimate of drug-likeness (QED) is 0.931. The molecule has 1 atom stereocenters. The van der Waals surface area contributed by atoms with Crippen molar-refractivity contribution in [2.24, 2.45) is 5.92 Å². The molecule has 3 rings (SSSR count). The van der Waals surface area contributed by atoms with Gasteiger partial charge >= 0.3 is 6.18 Å². The second kappa shape index (κ2) is 6.09. The van der Waals surface area contributed by atoms with E-state index in [0.717, 1.165) is 6.42 Å². The number of halogens is 3. The molecule has 8 heteroatoms. The molecule has 4 nitrogen and oxygen atoms in total. The highest BCUT2D eigenvalue weighted by atomic mass is 32.1. The van der Waals surface area contributed by atoms with Gasteiger partial charge in [-0.05, 0) is 30.9 Å². The van der Waals surface area contributed by atoms with Crippen LogP contribution in [0, 0.1) is 5.92 Å². The zero-order chi connectivity index (χ0) is 16.6. The van der Waals surface area contributed by atoms with E-state index in [-0.39, 0.29) is 29.5 Å². The average Bonchev–Trinajstić information content (AvgIpc) is 3.12. The standard InChI is InChI=1S/C15H15F3N2O2S/c16-15(17,18)14-19-12-10(2-1-3-11(12)23-14)13(22)20-6-4-9(8-20)5-7-21/h1-3,9,21H,4-8H2/t9-/m1/s1. The SMILES string of the molecule is O=C(c1cccc2sc(C(F)(F)F)nc12)N1CC[C@H](CCO)C1. The van der Waals surface area contributed by atoms with Gasteiger partial charge in [-0.1, -0.05) is 6.07 Å². The molecule has 0 unspecified atom stereocenters. The van der Waals surface area contributed by atoms with Gasteiger partial charge in [-0.15, -0.1) is 11.3 Å². The fourth-order valence-electron chi connectivity index (χ4n) is 2.85. The number of rotatable bonds is 3. The van der Waals surface area contributed by atoms with Gasteiger partial charge in [0.25, 0.3) is 5.91 Å². The summed E-state index contributed by atoms with van der Waals surface area (Å²) in [4.78, 5) is 17.9. The maximum Gasteiger partial charge on any atom is 0.443 e. The third kappa shape index (κ3) is 3.18. The monoisotopic (exact) mass is 344 g/mol. The Bertz CT molecular complexity index is 729. The van der Waals surface area contributed by atoms with Gasteiger partial charge in [0, 0.05) is 19.7 Å². The van der Waals surface area contributed by atoms with E-state index in [1.165, 1.54) is 12.1 Å². The predicted molar refractivity (Wildman–Crippen MR) is 80.3 cm³/mol. The Morgan fingerprint density at radius 3 is 2.91 bits per heavy atom. The van der Waals surface area contributed by atoms with Crippen LogP contribution >= 0.6 is 11.3 Å². The summed E-state index contributed by atoms with van der Waals surface area (Å²) in [5.74, 6) is -0.0561. The third-order valence-electron chi connectivity index (χ3n) is 4.00. The van der Waals surface area contributed by atoms with Gasteiger partial charge in [0.15, 0.2) is 5.01 Å². The smallest absolute Gasteiger partial charge is 0.396 e. The van der Waals surface area contributed by atoms with E-state index in [9.17, 15) is 18.0 Å². The van der Waals surface area contributed by atoms with Crippen LogP contribution in [0.15, 0.2) is 18.2 Å². The number of carbonyl (C=O) groups is 1. The molecule has 1 aliphatic rings. The Kier molecular flexibility index (Phi) is 4.29. The van der Waals surface area contributed by atoms with E-state index in [1.54, 1.807) is 11.0 Å². The number of amides is 1. The van der Waals surface area contributed by atoms with Crippen molar-refractivity contribution in [3.63, 3.8) is 0 Å². The second-order valence-electron chi connectivity index (χ2n) is 5.59. The van der Waals surface area contributed by atoms with Crippen LogP contribution in [-0.2, 0) is 6.18 Å². The van der Waals surface area contributed by atoms with Crippen molar-refractivity contribution in [1.29, 1.82) is 0 Å². The van der Waals surface area contributed by atoms with E-state index >= 15 is 0 Å². The Morgan fingerprint density at radius 1 is 1.43 bits per heavy atom. The van der Waals surface area contributed by atoms with Crippen molar-refractivity contribution in [3.05, 3.63) is 28.8 Å². The number of alkyl halides is 3. The number of nitrogens with zero attached hydrogens (tertiary/aromatic N) is 2. The Morgan fingerprint density at radius 2 is 2.22 bits per heavy atom. The first-order valence-corrected chi connectivity index (χ1v) is 8.08. The summed E-state index contributed by atoms with van der Waals surface area (Å²) in [6.07, 6.45) is -3.08. The molecule has 0 bridgehead atoms. The zero-order valence-corrected chi connectivity index (χ0v) is 13.0. The molecule has 0 spiro atoms. The third-order valence-corrected chi connectivity index (χ3v) is 5.07. The molecule has 1 saturated heterocycles. The molecule has 23 heavy (non-hydrogen) atoms. The number of aromatic nitrogens is 1. The predicted octanol–water partition coefficient (Wildman–Crippen LogP) is 3.16. The summed E-state index contributed by atoms with van der Waals surface area (Å²) in [6.45, 7) is 1.14. The van der Waals surface area contributed by atoms with Crippen LogP contribution in [0.4, 0.5) is 13.2 Å². The lowest BCUT2D eigenvalue weighted by atomic mass is 10.1. The number of likely N-dealkylation sites (tertiary alicyclic amines) is 1. The molecule has 1 aliphatic heterocycles. The van der Waals surface area contributed by atoms with Crippen molar-refractivity contribution in [2.75, 3.05) is 19.7 Å². The van der Waals surface area contributed by atoms with E-state index in [0.29, 0.717) is 35.5 Å². The van der Waals surface area contributed by atoms with Gasteiger partial charge in [0.2, 0.25) is 0 Å².